The van der Waals surface area contributed by atoms with Crippen molar-refractivity contribution in [1.29, 1.82) is 0 Å². The predicted molar refractivity (Wildman–Crippen MR) is 78.9 cm³/mol. The highest BCUT2D eigenvalue weighted by Gasteiger charge is 2.29. The molecule has 1 saturated carbocycles. The van der Waals surface area contributed by atoms with Crippen LogP contribution in [-0.2, 0) is 4.79 Å². The van der Waals surface area contributed by atoms with E-state index in [0.29, 0.717) is 11.3 Å². The minimum atomic E-state index is -0.132. The van der Waals surface area contributed by atoms with E-state index < -0.39 is 0 Å². The molecule has 20 heavy (non-hydrogen) atoms. The summed E-state index contributed by atoms with van der Waals surface area (Å²) in [6.07, 6.45) is 3.35. The van der Waals surface area contributed by atoms with Crippen LogP contribution in [0.1, 0.15) is 42.3 Å². The Bertz CT molecular complexity index is 483. The van der Waals surface area contributed by atoms with Crippen LogP contribution >= 0.6 is 11.3 Å². The van der Waals surface area contributed by atoms with Gasteiger partial charge in [-0.2, -0.15) is 0 Å². The van der Waals surface area contributed by atoms with E-state index in [-0.39, 0.29) is 30.4 Å². The molecule has 0 aliphatic heterocycles. The molecule has 6 heteroatoms. The molecule has 1 heterocycles. The molecule has 5 nitrogen and oxygen atoms in total. The first kappa shape index (κ1) is 15.0. The molecular weight excluding hydrogens is 276 g/mol. The molecule has 3 N–H and O–H groups in total. The standard InChI is InChI=1S/C14H20N2O3S/c1-9(3-2-8-17)15-14(19)11-6-7-12(20-11)16-13(18)10-4-5-10/h6-7,9-10,17H,2-5,8H2,1H3,(H,15,19)(H,16,18). The van der Waals surface area contributed by atoms with Crippen LogP contribution < -0.4 is 10.6 Å². The topological polar surface area (TPSA) is 78.4 Å². The van der Waals surface area contributed by atoms with Crippen LogP contribution in [0.4, 0.5) is 5.00 Å². The normalized spacial score (nSPS) is 15.7. The van der Waals surface area contributed by atoms with Crippen molar-refractivity contribution < 1.29 is 14.7 Å². The summed E-state index contributed by atoms with van der Waals surface area (Å²) in [4.78, 5) is 24.2. The Balaban J connectivity index is 1.84. The first-order valence-electron chi connectivity index (χ1n) is 6.92. The lowest BCUT2D eigenvalue weighted by Crippen LogP contribution is -2.32. The number of hydrogen-bond donors (Lipinski definition) is 3. The molecule has 1 atom stereocenters. The Morgan fingerprint density at radius 2 is 2.20 bits per heavy atom. The quantitative estimate of drug-likeness (QED) is 0.720. The third-order valence-electron chi connectivity index (χ3n) is 3.20. The molecule has 1 aromatic heterocycles. The van der Waals surface area contributed by atoms with Gasteiger partial charge in [0.2, 0.25) is 5.91 Å². The maximum Gasteiger partial charge on any atom is 0.261 e. The monoisotopic (exact) mass is 296 g/mol. The molecule has 1 unspecified atom stereocenters. The van der Waals surface area contributed by atoms with Crippen molar-refractivity contribution in [3.63, 3.8) is 0 Å². The number of aliphatic hydroxyl groups is 1. The van der Waals surface area contributed by atoms with E-state index in [1.165, 1.54) is 11.3 Å². The molecule has 1 aromatic rings. The predicted octanol–water partition coefficient (Wildman–Crippen LogP) is 1.99. The number of rotatable bonds is 7. The Morgan fingerprint density at radius 1 is 1.45 bits per heavy atom. The van der Waals surface area contributed by atoms with Crippen molar-refractivity contribution in [1.82, 2.24) is 5.32 Å². The lowest BCUT2D eigenvalue weighted by atomic mass is 10.2. The third kappa shape index (κ3) is 4.31. The van der Waals surface area contributed by atoms with Crippen molar-refractivity contribution in [2.75, 3.05) is 11.9 Å². The van der Waals surface area contributed by atoms with Gasteiger partial charge in [0, 0.05) is 18.6 Å². The van der Waals surface area contributed by atoms with E-state index in [9.17, 15) is 9.59 Å². The fourth-order valence-electron chi connectivity index (χ4n) is 1.86. The van der Waals surface area contributed by atoms with Gasteiger partial charge in [-0.25, -0.2) is 0 Å². The largest absolute Gasteiger partial charge is 0.396 e. The number of carbonyl (C=O) groups excluding carboxylic acids is 2. The van der Waals surface area contributed by atoms with Gasteiger partial charge in [0.15, 0.2) is 0 Å². The highest BCUT2D eigenvalue weighted by molar-refractivity contribution is 7.18. The fraction of sp³-hybridized carbons (Fsp3) is 0.571. The Morgan fingerprint density at radius 3 is 2.85 bits per heavy atom. The summed E-state index contributed by atoms with van der Waals surface area (Å²) in [6.45, 7) is 2.05. The second-order valence-electron chi connectivity index (χ2n) is 5.17. The molecule has 2 amide bonds. The highest BCUT2D eigenvalue weighted by Crippen LogP contribution is 2.31. The number of thiophene rings is 1. The summed E-state index contributed by atoms with van der Waals surface area (Å²) >= 11 is 1.29. The molecule has 0 saturated heterocycles. The summed E-state index contributed by atoms with van der Waals surface area (Å²) in [6, 6.07) is 3.51. The zero-order chi connectivity index (χ0) is 14.5. The number of nitrogens with one attached hydrogen (secondary N) is 2. The van der Waals surface area contributed by atoms with E-state index in [2.05, 4.69) is 10.6 Å². The third-order valence-corrected chi connectivity index (χ3v) is 4.20. The van der Waals surface area contributed by atoms with Crippen molar-refractivity contribution in [2.24, 2.45) is 5.92 Å². The van der Waals surface area contributed by atoms with Gasteiger partial charge in [-0.05, 0) is 44.7 Å². The van der Waals surface area contributed by atoms with Gasteiger partial charge in [0.1, 0.15) is 0 Å². The number of hydrogen-bond acceptors (Lipinski definition) is 4. The second-order valence-corrected chi connectivity index (χ2v) is 6.25. The number of carbonyl (C=O) groups is 2. The summed E-state index contributed by atoms with van der Waals surface area (Å²) < 4.78 is 0. The van der Waals surface area contributed by atoms with Gasteiger partial charge in [0.05, 0.1) is 9.88 Å². The summed E-state index contributed by atoms with van der Waals surface area (Å²) in [5.41, 5.74) is 0. The van der Waals surface area contributed by atoms with E-state index in [4.69, 9.17) is 5.11 Å². The zero-order valence-corrected chi connectivity index (χ0v) is 12.3. The minimum Gasteiger partial charge on any atom is -0.396 e. The average Bonchev–Trinajstić information content (AvgIpc) is 3.17. The lowest BCUT2D eigenvalue weighted by molar-refractivity contribution is -0.117. The first-order chi connectivity index (χ1) is 9.60. The summed E-state index contributed by atoms with van der Waals surface area (Å²) in [7, 11) is 0. The van der Waals surface area contributed by atoms with Crippen molar-refractivity contribution in [3.05, 3.63) is 17.0 Å². The molecule has 110 valence electrons. The molecule has 0 radical (unpaired) electrons. The number of amides is 2. The Hall–Kier alpha value is -1.40. The van der Waals surface area contributed by atoms with Crippen LogP contribution in [0.2, 0.25) is 0 Å². The maximum atomic E-state index is 12.0. The van der Waals surface area contributed by atoms with Gasteiger partial charge in [-0.3, -0.25) is 9.59 Å². The first-order valence-corrected chi connectivity index (χ1v) is 7.74. The molecule has 0 bridgehead atoms. The van der Waals surface area contributed by atoms with Crippen molar-refractivity contribution in [2.45, 2.75) is 38.6 Å². The average molecular weight is 296 g/mol. The second kappa shape index (κ2) is 6.85. The van der Waals surface area contributed by atoms with E-state index in [0.717, 1.165) is 24.3 Å². The Kier molecular flexibility index (Phi) is 5.14. The fourth-order valence-corrected chi connectivity index (χ4v) is 2.67. The molecule has 1 aliphatic carbocycles. The maximum absolute atomic E-state index is 12.0. The Labute approximate surface area is 122 Å². The SMILES string of the molecule is CC(CCCO)NC(=O)c1ccc(NC(=O)C2CC2)s1. The van der Waals surface area contributed by atoms with Gasteiger partial charge in [-0.1, -0.05) is 0 Å². The zero-order valence-electron chi connectivity index (χ0n) is 11.5. The van der Waals surface area contributed by atoms with Crippen LogP contribution in [0.3, 0.4) is 0 Å². The van der Waals surface area contributed by atoms with Crippen molar-refractivity contribution in [3.8, 4) is 0 Å². The lowest BCUT2D eigenvalue weighted by Gasteiger charge is -2.11. The van der Waals surface area contributed by atoms with Crippen molar-refractivity contribution >= 4 is 28.2 Å². The summed E-state index contributed by atoms with van der Waals surface area (Å²) in [5, 5.41) is 15.2. The van der Waals surface area contributed by atoms with Gasteiger partial charge in [-0.15, -0.1) is 11.3 Å². The van der Waals surface area contributed by atoms with Crippen LogP contribution in [0.15, 0.2) is 12.1 Å². The smallest absolute Gasteiger partial charge is 0.261 e. The molecular formula is C14H20N2O3S. The number of anilines is 1. The van der Waals surface area contributed by atoms with E-state index >= 15 is 0 Å². The molecule has 0 spiro atoms. The van der Waals surface area contributed by atoms with Crippen LogP contribution in [0, 0.1) is 5.92 Å². The van der Waals surface area contributed by atoms with Gasteiger partial charge < -0.3 is 15.7 Å². The van der Waals surface area contributed by atoms with Gasteiger partial charge >= 0.3 is 0 Å². The van der Waals surface area contributed by atoms with Crippen LogP contribution in [0.5, 0.6) is 0 Å². The molecule has 1 aliphatic rings. The summed E-state index contributed by atoms with van der Waals surface area (Å²) in [5.74, 6) is 0.0790. The van der Waals surface area contributed by atoms with Crippen LogP contribution in [-0.4, -0.2) is 29.6 Å². The van der Waals surface area contributed by atoms with Crippen LogP contribution in [0.25, 0.3) is 0 Å². The van der Waals surface area contributed by atoms with E-state index in [1.807, 2.05) is 6.92 Å². The minimum absolute atomic E-state index is 0.0289. The molecule has 2 rings (SSSR count). The molecule has 1 fully saturated rings. The van der Waals surface area contributed by atoms with Gasteiger partial charge in [0.25, 0.3) is 5.91 Å². The number of aliphatic hydroxyl groups excluding tert-OH is 1. The highest BCUT2D eigenvalue weighted by atomic mass is 32.1. The molecule has 0 aromatic carbocycles. The van der Waals surface area contributed by atoms with E-state index in [1.54, 1.807) is 12.1 Å².